The van der Waals surface area contributed by atoms with Gasteiger partial charge in [-0.2, -0.15) is 0 Å². The van der Waals surface area contributed by atoms with Crippen LogP contribution in [0.1, 0.15) is 18.9 Å². The third-order valence-electron chi connectivity index (χ3n) is 4.36. The van der Waals surface area contributed by atoms with Gasteiger partial charge in [0, 0.05) is 13.6 Å². The van der Waals surface area contributed by atoms with Gasteiger partial charge < -0.3 is 4.90 Å². The maximum absolute atomic E-state index is 12.5. The van der Waals surface area contributed by atoms with Crippen molar-refractivity contribution >= 4 is 39.9 Å². The number of nitrogens with zero attached hydrogens (tertiary/aromatic N) is 1. The lowest BCUT2D eigenvalue weighted by atomic mass is 10.0. The van der Waals surface area contributed by atoms with Crippen molar-refractivity contribution in [2.45, 2.75) is 24.2 Å². The van der Waals surface area contributed by atoms with Gasteiger partial charge in [0.2, 0.25) is 5.91 Å². The quantitative estimate of drug-likeness (QED) is 0.768. The Labute approximate surface area is 134 Å². The van der Waals surface area contributed by atoms with Crippen molar-refractivity contribution in [1.29, 1.82) is 0 Å². The minimum absolute atomic E-state index is 0.000402. The molecule has 1 fully saturated rings. The zero-order valence-corrected chi connectivity index (χ0v) is 13.6. The largest absolute Gasteiger partial charge is 0.341 e. The van der Waals surface area contributed by atoms with Gasteiger partial charge in [0.15, 0.2) is 0 Å². The van der Waals surface area contributed by atoms with Crippen molar-refractivity contribution in [1.82, 2.24) is 4.90 Å². The minimum Gasteiger partial charge on any atom is -0.341 e. The summed E-state index contributed by atoms with van der Waals surface area (Å²) in [7, 11) is 1.80. The zero-order valence-electron chi connectivity index (χ0n) is 12.1. The Hall–Kier alpha value is -1.25. The van der Waals surface area contributed by atoms with Gasteiger partial charge in [-0.05, 0) is 29.7 Å². The molecule has 0 N–H and O–H groups in total. The van der Waals surface area contributed by atoms with Crippen molar-refractivity contribution in [3.63, 3.8) is 0 Å². The van der Waals surface area contributed by atoms with Gasteiger partial charge in [-0.25, -0.2) is 0 Å². The highest BCUT2D eigenvalue weighted by Crippen LogP contribution is 2.64. The Balaban J connectivity index is 1.84. The molecule has 0 aromatic heterocycles. The van der Waals surface area contributed by atoms with E-state index in [0.29, 0.717) is 13.0 Å². The van der Waals surface area contributed by atoms with E-state index in [1.807, 2.05) is 25.1 Å². The smallest absolute Gasteiger partial charge is 0.231 e. The second-order valence-corrected chi connectivity index (χ2v) is 7.50. The number of alkyl halides is 2. The van der Waals surface area contributed by atoms with Crippen molar-refractivity contribution < 1.29 is 4.79 Å². The van der Waals surface area contributed by atoms with E-state index in [0.717, 1.165) is 5.56 Å². The Kier molecular flexibility index (Phi) is 3.42. The molecular formula is C17H17Cl2NO. The van der Waals surface area contributed by atoms with Crippen molar-refractivity contribution in [2.75, 3.05) is 7.05 Å². The molecular weight excluding hydrogens is 305 g/mol. The number of hydrogen-bond donors (Lipinski definition) is 0. The Morgan fingerprint density at radius 3 is 2.48 bits per heavy atom. The molecule has 1 unspecified atom stereocenters. The number of fused-ring (bicyclic) bond motifs is 1. The summed E-state index contributed by atoms with van der Waals surface area (Å²) in [6.45, 7) is 2.38. The fraction of sp³-hybridized carbons (Fsp3) is 0.353. The Morgan fingerprint density at radius 1 is 1.19 bits per heavy atom. The molecule has 4 heteroatoms. The van der Waals surface area contributed by atoms with Crippen LogP contribution in [0.25, 0.3) is 10.8 Å². The summed E-state index contributed by atoms with van der Waals surface area (Å²) in [4.78, 5) is 14.3. The lowest BCUT2D eigenvalue weighted by Gasteiger charge is -2.23. The molecule has 0 radical (unpaired) electrons. The number of halogens is 2. The summed E-state index contributed by atoms with van der Waals surface area (Å²) in [5, 5.41) is 2.35. The highest BCUT2D eigenvalue weighted by molar-refractivity contribution is 6.53. The minimum atomic E-state index is -0.920. The third-order valence-corrected chi connectivity index (χ3v) is 5.47. The molecule has 1 saturated carbocycles. The van der Waals surface area contributed by atoms with Crippen molar-refractivity contribution in [2.24, 2.45) is 5.41 Å². The van der Waals surface area contributed by atoms with Crippen LogP contribution in [-0.4, -0.2) is 22.2 Å². The number of benzene rings is 2. The van der Waals surface area contributed by atoms with Gasteiger partial charge >= 0.3 is 0 Å². The second kappa shape index (κ2) is 4.89. The molecule has 2 nitrogen and oxygen atoms in total. The van der Waals surface area contributed by atoms with Gasteiger partial charge in [0.05, 0.1) is 5.41 Å². The summed E-state index contributed by atoms with van der Waals surface area (Å²) >= 11 is 12.2. The topological polar surface area (TPSA) is 20.3 Å². The molecule has 0 aliphatic heterocycles. The summed E-state index contributed by atoms with van der Waals surface area (Å²) in [6, 6.07) is 14.3. The van der Waals surface area contributed by atoms with E-state index in [2.05, 4.69) is 24.3 Å². The SMILES string of the molecule is CN(Cc1cccc2ccccc12)C(=O)C1(C)CC1(Cl)Cl. The molecule has 0 bridgehead atoms. The first-order valence-electron chi connectivity index (χ1n) is 6.95. The lowest BCUT2D eigenvalue weighted by molar-refractivity contribution is -0.135. The van der Waals surface area contributed by atoms with Gasteiger partial charge in [-0.15, -0.1) is 23.2 Å². The molecule has 21 heavy (non-hydrogen) atoms. The average molecular weight is 322 g/mol. The molecule has 2 aromatic rings. The number of carbonyl (C=O) groups excluding carboxylic acids is 1. The molecule has 0 saturated heterocycles. The molecule has 1 aliphatic carbocycles. The van der Waals surface area contributed by atoms with E-state index in [-0.39, 0.29) is 5.91 Å². The first kappa shape index (κ1) is 14.7. The average Bonchev–Trinajstić information content (AvgIpc) is 2.98. The number of amides is 1. The molecule has 110 valence electrons. The summed E-state index contributed by atoms with van der Waals surface area (Å²) in [5.41, 5.74) is 0.470. The van der Waals surface area contributed by atoms with Crippen LogP contribution in [0.15, 0.2) is 42.5 Å². The summed E-state index contributed by atoms with van der Waals surface area (Å²) in [5.74, 6) is 0.000402. The van der Waals surface area contributed by atoms with E-state index >= 15 is 0 Å². The van der Waals surface area contributed by atoms with E-state index in [1.165, 1.54) is 10.8 Å². The predicted molar refractivity (Wildman–Crippen MR) is 87.6 cm³/mol. The standard InChI is InChI=1S/C17H17Cl2NO/c1-16(11-17(16,18)19)15(21)20(2)10-13-8-5-7-12-6-3-4-9-14(12)13/h3-9H,10-11H2,1-2H3. The first-order chi connectivity index (χ1) is 9.85. The van der Waals surface area contributed by atoms with Crippen LogP contribution in [0.3, 0.4) is 0 Å². The molecule has 0 heterocycles. The normalized spacial score (nSPS) is 23.0. The monoisotopic (exact) mass is 321 g/mol. The number of carbonyl (C=O) groups is 1. The van der Waals surface area contributed by atoms with Crippen LogP contribution < -0.4 is 0 Å². The molecule has 3 rings (SSSR count). The number of rotatable bonds is 3. The zero-order chi connectivity index (χ0) is 15.3. The van der Waals surface area contributed by atoms with Crippen LogP contribution in [-0.2, 0) is 11.3 Å². The van der Waals surface area contributed by atoms with E-state index in [9.17, 15) is 4.79 Å². The van der Waals surface area contributed by atoms with E-state index in [4.69, 9.17) is 23.2 Å². The predicted octanol–water partition coefficient (Wildman–Crippen LogP) is 4.38. The summed E-state index contributed by atoms with van der Waals surface area (Å²) < 4.78 is -0.920. The Morgan fingerprint density at radius 2 is 1.81 bits per heavy atom. The van der Waals surface area contributed by atoms with Crippen molar-refractivity contribution in [3.8, 4) is 0 Å². The van der Waals surface area contributed by atoms with E-state index in [1.54, 1.807) is 11.9 Å². The maximum Gasteiger partial charge on any atom is 0.231 e. The molecule has 0 spiro atoms. The lowest BCUT2D eigenvalue weighted by Crippen LogP contribution is -2.34. The molecule has 1 atom stereocenters. The fourth-order valence-corrected chi connectivity index (χ4v) is 3.51. The first-order valence-corrected chi connectivity index (χ1v) is 7.71. The van der Waals surface area contributed by atoms with Crippen LogP contribution >= 0.6 is 23.2 Å². The van der Waals surface area contributed by atoms with Gasteiger partial charge in [-0.1, -0.05) is 42.5 Å². The van der Waals surface area contributed by atoms with E-state index < -0.39 is 9.75 Å². The molecule has 1 aliphatic rings. The van der Waals surface area contributed by atoms with Crippen LogP contribution in [0.2, 0.25) is 0 Å². The maximum atomic E-state index is 12.5. The Bertz CT molecular complexity index is 708. The van der Waals surface area contributed by atoms with Crippen molar-refractivity contribution in [3.05, 3.63) is 48.0 Å². The van der Waals surface area contributed by atoms with Gasteiger partial charge in [-0.3, -0.25) is 4.79 Å². The fourth-order valence-electron chi connectivity index (χ4n) is 2.81. The molecule has 2 aromatic carbocycles. The second-order valence-electron chi connectivity index (χ2n) is 6.01. The van der Waals surface area contributed by atoms with Crippen LogP contribution in [0.5, 0.6) is 0 Å². The molecule has 1 amide bonds. The third kappa shape index (κ3) is 2.41. The highest BCUT2D eigenvalue weighted by atomic mass is 35.5. The van der Waals surface area contributed by atoms with Crippen LogP contribution in [0, 0.1) is 5.41 Å². The van der Waals surface area contributed by atoms with Gasteiger partial charge in [0.25, 0.3) is 0 Å². The summed E-state index contributed by atoms with van der Waals surface area (Å²) in [6.07, 6.45) is 0.516. The van der Waals surface area contributed by atoms with Crippen LogP contribution in [0.4, 0.5) is 0 Å². The highest BCUT2D eigenvalue weighted by Gasteiger charge is 2.68. The number of hydrogen-bond acceptors (Lipinski definition) is 1. The van der Waals surface area contributed by atoms with Gasteiger partial charge in [0.1, 0.15) is 4.33 Å².